The molecule has 0 atom stereocenters. The van der Waals surface area contributed by atoms with E-state index < -0.39 is 30.8 Å². The molecule has 1 heterocycles. The highest BCUT2D eigenvalue weighted by atomic mass is 16.5. The summed E-state index contributed by atoms with van der Waals surface area (Å²) < 4.78 is 10.9. The van der Waals surface area contributed by atoms with Crippen molar-refractivity contribution in [3.05, 3.63) is 70.2 Å². The van der Waals surface area contributed by atoms with E-state index in [0.717, 1.165) is 23.9 Å². The Morgan fingerprint density at radius 2 is 1.90 bits per heavy atom. The molecule has 0 aliphatic heterocycles. The van der Waals surface area contributed by atoms with Crippen LogP contribution in [0.25, 0.3) is 11.5 Å². The molecule has 0 saturated carbocycles. The third-order valence-electron chi connectivity index (χ3n) is 4.65. The molecule has 0 radical (unpaired) electrons. The Balaban J connectivity index is 1.30. The normalized spacial score (nSPS) is 12.4. The van der Waals surface area contributed by atoms with Crippen LogP contribution in [-0.2, 0) is 33.7 Å². The topological polar surface area (TPSA) is 103 Å². The number of nitrogens with zero attached hydrogens (tertiary/aromatic N) is 2. The van der Waals surface area contributed by atoms with Crippen LogP contribution in [0.1, 0.15) is 17.5 Å². The monoisotopic (exact) mass is 393 g/mol. The third kappa shape index (κ3) is 4.43. The first-order chi connectivity index (χ1) is 14.1. The molecular formula is C21H19N3O5. The third-order valence-corrected chi connectivity index (χ3v) is 4.65. The Morgan fingerprint density at radius 3 is 2.72 bits per heavy atom. The fourth-order valence-electron chi connectivity index (χ4n) is 3.26. The van der Waals surface area contributed by atoms with E-state index in [1.54, 1.807) is 24.3 Å². The van der Waals surface area contributed by atoms with E-state index in [9.17, 15) is 14.4 Å². The summed E-state index contributed by atoms with van der Waals surface area (Å²) in [6, 6.07) is 14.6. The highest BCUT2D eigenvalue weighted by Crippen LogP contribution is 2.24. The number of aromatic nitrogens is 2. The van der Waals surface area contributed by atoms with E-state index in [1.807, 2.05) is 24.3 Å². The summed E-state index contributed by atoms with van der Waals surface area (Å²) in [6.45, 7) is -0.893. The second-order valence-corrected chi connectivity index (χ2v) is 6.74. The van der Waals surface area contributed by atoms with Crippen LogP contribution < -0.4 is 11.1 Å². The van der Waals surface area contributed by atoms with Crippen molar-refractivity contribution in [1.29, 1.82) is 0 Å². The van der Waals surface area contributed by atoms with Crippen molar-refractivity contribution < 1.29 is 18.7 Å². The fourth-order valence-corrected chi connectivity index (χ4v) is 3.26. The number of nitrogens with one attached hydrogen (secondary N) is 1. The lowest BCUT2D eigenvalue weighted by atomic mass is 10.1. The molecule has 1 aromatic heterocycles. The molecule has 0 bridgehead atoms. The Hall–Kier alpha value is -3.68. The van der Waals surface area contributed by atoms with Gasteiger partial charge in [0.15, 0.2) is 6.61 Å². The van der Waals surface area contributed by atoms with Crippen molar-refractivity contribution in [3.63, 3.8) is 0 Å². The molecule has 0 spiro atoms. The molecule has 8 nitrogen and oxygen atoms in total. The molecule has 3 aromatic rings. The average molecular weight is 393 g/mol. The van der Waals surface area contributed by atoms with Gasteiger partial charge in [0.25, 0.3) is 5.91 Å². The second kappa shape index (κ2) is 8.14. The summed E-state index contributed by atoms with van der Waals surface area (Å²) in [5.41, 5.74) is 3.83. The van der Waals surface area contributed by atoms with Crippen LogP contribution in [0.3, 0.4) is 0 Å². The zero-order valence-electron chi connectivity index (χ0n) is 15.6. The van der Waals surface area contributed by atoms with E-state index >= 15 is 0 Å². The van der Waals surface area contributed by atoms with Crippen molar-refractivity contribution in [1.82, 2.24) is 9.78 Å². The number of aryl methyl sites for hydroxylation is 2. The molecule has 1 aliphatic carbocycles. The first-order valence-electron chi connectivity index (χ1n) is 9.29. The number of hydrogen-bond donors (Lipinski definition) is 1. The molecule has 2 aromatic carbocycles. The minimum absolute atomic E-state index is 0.109. The van der Waals surface area contributed by atoms with Crippen LogP contribution in [0, 0.1) is 0 Å². The van der Waals surface area contributed by atoms with Crippen LogP contribution in [-0.4, -0.2) is 28.3 Å². The zero-order valence-corrected chi connectivity index (χ0v) is 15.6. The first-order valence-corrected chi connectivity index (χ1v) is 9.29. The molecule has 29 heavy (non-hydrogen) atoms. The largest absolute Gasteiger partial charge is 0.454 e. The van der Waals surface area contributed by atoms with Crippen LogP contribution in [0.15, 0.2) is 57.7 Å². The molecule has 1 amide bonds. The Kier molecular flexibility index (Phi) is 5.24. The Bertz CT molecular complexity index is 1100. The standard InChI is InChI=1S/C21H19N3O5/c25-18(22-17-10-9-14-7-4-8-16(14)11-17)13-28-19(26)12-24-21(27)29-20(23-24)15-5-2-1-3-6-15/h1-3,5-6,9-11H,4,7-8,12-13H2,(H,22,25). The lowest BCUT2D eigenvalue weighted by Gasteiger charge is -2.08. The Labute approximate surface area is 166 Å². The number of rotatable bonds is 6. The van der Waals surface area contributed by atoms with Gasteiger partial charge in [-0.1, -0.05) is 24.3 Å². The van der Waals surface area contributed by atoms with Crippen molar-refractivity contribution in [3.8, 4) is 11.5 Å². The summed E-state index contributed by atoms with van der Waals surface area (Å²) in [7, 11) is 0. The fraction of sp³-hybridized carbons (Fsp3) is 0.238. The maximum absolute atomic E-state index is 12.0. The summed E-state index contributed by atoms with van der Waals surface area (Å²) >= 11 is 0. The smallest absolute Gasteiger partial charge is 0.437 e. The molecule has 1 aliphatic rings. The van der Waals surface area contributed by atoms with E-state index in [4.69, 9.17) is 9.15 Å². The molecule has 0 unspecified atom stereocenters. The van der Waals surface area contributed by atoms with E-state index in [2.05, 4.69) is 10.4 Å². The first kappa shape index (κ1) is 18.7. The number of carbonyl (C=O) groups is 2. The highest BCUT2D eigenvalue weighted by molar-refractivity contribution is 5.92. The van der Waals surface area contributed by atoms with Crippen molar-refractivity contribution >= 4 is 17.6 Å². The minimum Gasteiger partial charge on any atom is -0.454 e. The van der Waals surface area contributed by atoms with Crippen LogP contribution >= 0.6 is 0 Å². The van der Waals surface area contributed by atoms with Crippen LogP contribution in [0.4, 0.5) is 5.69 Å². The molecule has 8 heteroatoms. The molecule has 4 rings (SSSR count). The van der Waals surface area contributed by atoms with Crippen molar-refractivity contribution in [2.45, 2.75) is 25.8 Å². The molecular weight excluding hydrogens is 374 g/mol. The van der Waals surface area contributed by atoms with Crippen LogP contribution in [0.5, 0.6) is 0 Å². The number of esters is 1. The van der Waals surface area contributed by atoms with E-state index in [-0.39, 0.29) is 5.89 Å². The van der Waals surface area contributed by atoms with Crippen LogP contribution in [0.2, 0.25) is 0 Å². The lowest BCUT2D eigenvalue weighted by Crippen LogP contribution is -2.26. The number of hydrogen-bond acceptors (Lipinski definition) is 6. The number of fused-ring (bicyclic) bond motifs is 1. The van der Waals surface area contributed by atoms with Gasteiger partial charge in [0, 0.05) is 11.3 Å². The van der Waals surface area contributed by atoms with Gasteiger partial charge >= 0.3 is 11.7 Å². The minimum atomic E-state index is -0.775. The maximum Gasteiger partial charge on any atom is 0.437 e. The van der Waals surface area contributed by atoms with Gasteiger partial charge in [-0.15, -0.1) is 5.10 Å². The van der Waals surface area contributed by atoms with Crippen molar-refractivity contribution in [2.24, 2.45) is 0 Å². The predicted octanol–water partition coefficient (Wildman–Crippen LogP) is 2.17. The number of ether oxygens (including phenoxy) is 1. The van der Waals surface area contributed by atoms with Gasteiger partial charge < -0.3 is 14.5 Å². The van der Waals surface area contributed by atoms with Gasteiger partial charge in [-0.3, -0.25) is 9.59 Å². The molecule has 0 saturated heterocycles. The molecule has 148 valence electrons. The highest BCUT2D eigenvalue weighted by Gasteiger charge is 2.16. The number of amides is 1. The molecule has 0 fully saturated rings. The summed E-state index contributed by atoms with van der Waals surface area (Å²) in [5.74, 6) is -1.88. The van der Waals surface area contributed by atoms with Gasteiger partial charge in [0.2, 0.25) is 5.89 Å². The van der Waals surface area contributed by atoms with Gasteiger partial charge in [-0.25, -0.2) is 4.79 Å². The number of anilines is 1. The maximum atomic E-state index is 12.0. The SMILES string of the molecule is O=C(COC(=O)Cn1nc(-c2ccccc2)oc1=O)Nc1ccc2c(c1)CCC2. The quantitative estimate of drug-likeness (QED) is 0.644. The zero-order chi connectivity index (χ0) is 20.2. The number of benzene rings is 2. The summed E-state index contributed by atoms with van der Waals surface area (Å²) in [4.78, 5) is 35.9. The molecule has 1 N–H and O–H groups in total. The Morgan fingerprint density at radius 1 is 1.10 bits per heavy atom. The summed E-state index contributed by atoms with van der Waals surface area (Å²) in [5, 5.41) is 6.69. The van der Waals surface area contributed by atoms with E-state index in [1.165, 1.54) is 11.1 Å². The van der Waals surface area contributed by atoms with Gasteiger partial charge in [-0.05, 0) is 54.7 Å². The van der Waals surface area contributed by atoms with Gasteiger partial charge in [0.05, 0.1) is 0 Å². The van der Waals surface area contributed by atoms with Crippen molar-refractivity contribution in [2.75, 3.05) is 11.9 Å². The van der Waals surface area contributed by atoms with E-state index in [0.29, 0.717) is 11.3 Å². The van der Waals surface area contributed by atoms with Gasteiger partial charge in [0.1, 0.15) is 6.54 Å². The number of carbonyl (C=O) groups excluding carboxylic acids is 2. The van der Waals surface area contributed by atoms with Gasteiger partial charge in [-0.2, -0.15) is 4.68 Å². The summed E-state index contributed by atoms with van der Waals surface area (Å²) in [6.07, 6.45) is 3.19. The average Bonchev–Trinajstić information content (AvgIpc) is 3.33. The predicted molar refractivity (Wildman–Crippen MR) is 104 cm³/mol. The lowest BCUT2D eigenvalue weighted by molar-refractivity contribution is -0.148. The second-order valence-electron chi connectivity index (χ2n) is 6.74.